The van der Waals surface area contributed by atoms with Gasteiger partial charge in [-0.05, 0) is 95.1 Å². The summed E-state index contributed by atoms with van der Waals surface area (Å²) < 4.78 is 11.0. The molecule has 0 radical (unpaired) electrons. The average molecular weight is 653 g/mol. The first-order valence-electron chi connectivity index (χ1n) is 17.3. The van der Waals surface area contributed by atoms with Gasteiger partial charge >= 0.3 is 0 Å². The lowest BCUT2D eigenvalue weighted by Crippen LogP contribution is -1.94. The van der Waals surface area contributed by atoms with E-state index in [1.807, 2.05) is 24.3 Å². The maximum absolute atomic E-state index is 6.31. The number of nitrogens with zero attached hydrogens (tertiary/aromatic N) is 2. The minimum Gasteiger partial charge on any atom is -0.457 e. The van der Waals surface area contributed by atoms with Crippen LogP contribution in [0.4, 0.5) is 0 Å². The Morgan fingerprint density at radius 1 is 0.275 bits per heavy atom. The summed E-state index contributed by atoms with van der Waals surface area (Å²) in [6.45, 7) is 0. The third kappa shape index (κ3) is 4.98. The summed E-state index contributed by atoms with van der Waals surface area (Å²) in [5, 5.41) is 5.06. The number of aromatic nitrogens is 2. The van der Waals surface area contributed by atoms with Gasteiger partial charge in [0.15, 0.2) is 0 Å². The SMILES string of the molecule is c1cc(-c2ccc(Oc3ccc(-c4cccc(-n5c6ccccc6c6ccccc65)c4)cc3)cc2)cc(-n2c3ccccc3c3ccccc32)c1. The molecule has 3 nitrogen and oxygen atoms in total. The van der Waals surface area contributed by atoms with E-state index in [4.69, 9.17) is 4.74 Å². The van der Waals surface area contributed by atoms with Crippen LogP contribution in [0, 0.1) is 0 Å². The average Bonchev–Trinajstić information content (AvgIpc) is 3.72. The number of hydrogen-bond acceptors (Lipinski definition) is 1. The zero-order chi connectivity index (χ0) is 33.7. The van der Waals surface area contributed by atoms with E-state index in [-0.39, 0.29) is 0 Å². The predicted molar refractivity (Wildman–Crippen MR) is 213 cm³/mol. The highest BCUT2D eigenvalue weighted by atomic mass is 16.5. The van der Waals surface area contributed by atoms with Gasteiger partial charge < -0.3 is 13.9 Å². The number of fused-ring (bicyclic) bond motifs is 6. The van der Waals surface area contributed by atoms with E-state index in [9.17, 15) is 0 Å². The lowest BCUT2D eigenvalue weighted by molar-refractivity contribution is 0.483. The number of rotatable bonds is 6. The second-order valence-electron chi connectivity index (χ2n) is 13.0. The van der Waals surface area contributed by atoms with Crippen molar-refractivity contribution in [3.05, 3.63) is 194 Å². The van der Waals surface area contributed by atoms with Crippen LogP contribution in [-0.4, -0.2) is 9.13 Å². The van der Waals surface area contributed by atoms with Crippen molar-refractivity contribution >= 4 is 43.6 Å². The molecule has 0 N–H and O–H groups in total. The van der Waals surface area contributed by atoms with Crippen LogP contribution in [0.2, 0.25) is 0 Å². The molecule has 0 spiro atoms. The fourth-order valence-electron chi connectivity index (χ4n) is 7.62. The molecule has 0 atom stereocenters. The van der Waals surface area contributed by atoms with Gasteiger partial charge in [-0.1, -0.05) is 121 Å². The molecule has 10 aromatic rings. The second-order valence-corrected chi connectivity index (χ2v) is 13.0. The summed E-state index contributed by atoms with van der Waals surface area (Å²) in [6.07, 6.45) is 0. The third-order valence-corrected chi connectivity index (χ3v) is 9.98. The van der Waals surface area contributed by atoms with E-state index >= 15 is 0 Å². The summed E-state index contributed by atoms with van der Waals surface area (Å²) >= 11 is 0. The molecule has 0 amide bonds. The molecule has 0 fully saturated rings. The first kappa shape index (κ1) is 29.1. The van der Waals surface area contributed by atoms with E-state index < -0.39 is 0 Å². The summed E-state index contributed by atoms with van der Waals surface area (Å²) in [6, 6.07) is 68.7. The van der Waals surface area contributed by atoms with Crippen LogP contribution in [0.3, 0.4) is 0 Å². The topological polar surface area (TPSA) is 19.1 Å². The molecule has 3 heteroatoms. The van der Waals surface area contributed by atoms with Gasteiger partial charge in [-0.3, -0.25) is 0 Å². The van der Waals surface area contributed by atoms with Gasteiger partial charge in [0, 0.05) is 32.9 Å². The van der Waals surface area contributed by atoms with Crippen molar-refractivity contribution < 1.29 is 4.74 Å². The Morgan fingerprint density at radius 2 is 0.608 bits per heavy atom. The molecule has 2 aromatic heterocycles. The Bertz CT molecular complexity index is 2570. The van der Waals surface area contributed by atoms with Gasteiger partial charge in [-0.25, -0.2) is 0 Å². The number of para-hydroxylation sites is 4. The van der Waals surface area contributed by atoms with Crippen molar-refractivity contribution in [2.45, 2.75) is 0 Å². The Morgan fingerprint density at radius 3 is 0.961 bits per heavy atom. The normalized spacial score (nSPS) is 11.5. The maximum atomic E-state index is 6.31. The smallest absolute Gasteiger partial charge is 0.127 e. The molecule has 8 aromatic carbocycles. The summed E-state index contributed by atoms with van der Waals surface area (Å²) in [4.78, 5) is 0. The molecule has 0 unspecified atom stereocenters. The van der Waals surface area contributed by atoms with Crippen LogP contribution >= 0.6 is 0 Å². The van der Waals surface area contributed by atoms with Crippen molar-refractivity contribution in [1.29, 1.82) is 0 Å². The molecule has 0 saturated carbocycles. The maximum Gasteiger partial charge on any atom is 0.127 e. The molecule has 51 heavy (non-hydrogen) atoms. The fraction of sp³-hybridized carbons (Fsp3) is 0. The largest absolute Gasteiger partial charge is 0.457 e. The molecule has 0 aliphatic rings. The van der Waals surface area contributed by atoms with Crippen LogP contribution in [-0.2, 0) is 0 Å². The minimum absolute atomic E-state index is 0.804. The molecule has 0 bridgehead atoms. The number of hydrogen-bond donors (Lipinski definition) is 0. The quantitative estimate of drug-likeness (QED) is 0.175. The zero-order valence-corrected chi connectivity index (χ0v) is 27.8. The highest BCUT2D eigenvalue weighted by molar-refractivity contribution is 6.10. The van der Waals surface area contributed by atoms with Crippen molar-refractivity contribution in [2.75, 3.05) is 0 Å². The summed E-state index contributed by atoms with van der Waals surface area (Å²) in [5.74, 6) is 1.61. The standard InChI is InChI=1S/C48H32N2O/c1-5-19-45-41(15-1)42-16-2-6-20-46(42)49(45)37-13-9-11-35(31-37)33-23-27-39(28-24-33)51-40-29-25-34(26-30-40)36-12-10-14-38(32-36)50-47-21-7-3-17-43(47)44-18-4-8-22-48(44)50/h1-32H. The van der Waals surface area contributed by atoms with Crippen LogP contribution in [0.15, 0.2) is 194 Å². The molecule has 240 valence electrons. The van der Waals surface area contributed by atoms with E-state index in [1.165, 1.54) is 43.6 Å². The summed E-state index contributed by atoms with van der Waals surface area (Å²) in [7, 11) is 0. The minimum atomic E-state index is 0.804. The zero-order valence-electron chi connectivity index (χ0n) is 27.8. The molecule has 10 rings (SSSR count). The first-order valence-corrected chi connectivity index (χ1v) is 17.3. The summed E-state index contributed by atoms with van der Waals surface area (Å²) in [5.41, 5.74) is 11.7. The van der Waals surface area contributed by atoms with Gasteiger partial charge in [0.25, 0.3) is 0 Å². The van der Waals surface area contributed by atoms with Crippen molar-refractivity contribution in [3.8, 4) is 45.1 Å². The van der Waals surface area contributed by atoms with Crippen molar-refractivity contribution in [3.63, 3.8) is 0 Å². The van der Waals surface area contributed by atoms with Crippen LogP contribution in [0.5, 0.6) is 11.5 Å². The number of ether oxygens (including phenoxy) is 1. The Labute approximate surface area is 295 Å². The molecule has 0 aliphatic carbocycles. The van der Waals surface area contributed by atoms with Gasteiger partial charge in [0.2, 0.25) is 0 Å². The Hall–Kier alpha value is -6.84. The Kier molecular flexibility index (Phi) is 6.81. The van der Waals surface area contributed by atoms with Gasteiger partial charge in [0.05, 0.1) is 22.1 Å². The highest BCUT2D eigenvalue weighted by Gasteiger charge is 2.14. The van der Waals surface area contributed by atoms with Gasteiger partial charge in [0.1, 0.15) is 11.5 Å². The highest BCUT2D eigenvalue weighted by Crippen LogP contribution is 2.36. The van der Waals surface area contributed by atoms with E-state index in [2.05, 4.69) is 179 Å². The molecule has 2 heterocycles. The lowest BCUT2D eigenvalue weighted by Gasteiger charge is -2.12. The van der Waals surface area contributed by atoms with Crippen molar-refractivity contribution in [1.82, 2.24) is 9.13 Å². The molecular weight excluding hydrogens is 621 g/mol. The Balaban J connectivity index is 0.902. The molecular formula is C48H32N2O. The van der Waals surface area contributed by atoms with Crippen LogP contribution in [0.25, 0.3) is 77.2 Å². The van der Waals surface area contributed by atoms with Crippen LogP contribution < -0.4 is 4.74 Å². The second kappa shape index (κ2) is 11.9. The first-order chi connectivity index (χ1) is 25.3. The molecule has 0 aliphatic heterocycles. The van der Waals surface area contributed by atoms with Gasteiger partial charge in [-0.2, -0.15) is 0 Å². The lowest BCUT2D eigenvalue weighted by atomic mass is 10.0. The van der Waals surface area contributed by atoms with Crippen molar-refractivity contribution in [2.24, 2.45) is 0 Å². The molecule has 0 saturated heterocycles. The van der Waals surface area contributed by atoms with E-state index in [0.29, 0.717) is 0 Å². The monoisotopic (exact) mass is 652 g/mol. The van der Waals surface area contributed by atoms with Crippen LogP contribution in [0.1, 0.15) is 0 Å². The predicted octanol–water partition coefficient (Wildman–Crippen LogP) is 13.0. The van der Waals surface area contributed by atoms with E-state index in [1.54, 1.807) is 0 Å². The number of benzene rings is 8. The third-order valence-electron chi connectivity index (χ3n) is 9.98. The van der Waals surface area contributed by atoms with Gasteiger partial charge in [-0.15, -0.1) is 0 Å². The van der Waals surface area contributed by atoms with E-state index in [0.717, 1.165) is 45.1 Å². The fourth-order valence-corrected chi connectivity index (χ4v) is 7.62.